The van der Waals surface area contributed by atoms with Crippen LogP contribution in [0.5, 0.6) is 0 Å². The zero-order chi connectivity index (χ0) is 10.7. The molecule has 1 amide bonds. The van der Waals surface area contributed by atoms with Crippen LogP contribution in [0.3, 0.4) is 0 Å². The van der Waals surface area contributed by atoms with Crippen molar-refractivity contribution in [2.75, 3.05) is 5.32 Å². The molecular formula is C11H12ClNO. The molecule has 0 aliphatic rings. The molecule has 0 aliphatic carbocycles. The minimum atomic E-state index is -0.190. The van der Waals surface area contributed by atoms with Gasteiger partial charge in [0.1, 0.15) is 0 Å². The first-order valence-electron chi connectivity index (χ1n) is 4.23. The predicted octanol–water partition coefficient (Wildman–Crippen LogP) is 3.16. The molecule has 0 atom stereocenters. The number of halogens is 1. The van der Waals surface area contributed by atoms with Crippen molar-refractivity contribution in [3.63, 3.8) is 0 Å². The molecule has 1 N–H and O–H groups in total. The highest BCUT2D eigenvalue weighted by molar-refractivity contribution is 6.31. The van der Waals surface area contributed by atoms with Gasteiger partial charge in [-0.15, -0.1) is 0 Å². The van der Waals surface area contributed by atoms with E-state index < -0.39 is 0 Å². The Morgan fingerprint density at radius 3 is 2.64 bits per heavy atom. The van der Waals surface area contributed by atoms with Gasteiger partial charge >= 0.3 is 0 Å². The van der Waals surface area contributed by atoms with Crippen LogP contribution in [0.4, 0.5) is 5.69 Å². The largest absolute Gasteiger partial charge is 0.322 e. The molecule has 3 heteroatoms. The molecular weight excluding hydrogens is 198 g/mol. The normalized spacial score (nSPS) is 9.64. The SMILES string of the molecule is C=C(C)C(=O)Nc1ccc(C)c(Cl)c1. The maximum absolute atomic E-state index is 11.3. The molecule has 1 rings (SSSR count). The van der Waals surface area contributed by atoms with E-state index in [1.54, 1.807) is 13.0 Å². The molecule has 14 heavy (non-hydrogen) atoms. The van der Waals surface area contributed by atoms with Gasteiger partial charge in [-0.2, -0.15) is 0 Å². The lowest BCUT2D eigenvalue weighted by molar-refractivity contribution is -0.112. The van der Waals surface area contributed by atoms with Crippen LogP contribution in [-0.4, -0.2) is 5.91 Å². The van der Waals surface area contributed by atoms with Crippen LogP contribution in [0.1, 0.15) is 12.5 Å². The van der Waals surface area contributed by atoms with E-state index in [0.29, 0.717) is 16.3 Å². The zero-order valence-electron chi connectivity index (χ0n) is 8.23. The first-order valence-corrected chi connectivity index (χ1v) is 4.61. The standard InChI is InChI=1S/C11H12ClNO/c1-7(2)11(14)13-9-5-4-8(3)10(12)6-9/h4-6H,1H2,2-3H3,(H,13,14). The molecule has 1 aromatic rings. The fourth-order valence-corrected chi connectivity index (χ4v) is 1.09. The molecule has 0 unspecified atom stereocenters. The minimum absolute atomic E-state index is 0.190. The second-order valence-electron chi connectivity index (χ2n) is 3.20. The average Bonchev–Trinajstić information content (AvgIpc) is 2.11. The third-order valence-corrected chi connectivity index (χ3v) is 2.22. The van der Waals surface area contributed by atoms with Gasteiger partial charge in [0, 0.05) is 16.3 Å². The second kappa shape index (κ2) is 4.29. The quantitative estimate of drug-likeness (QED) is 0.745. The average molecular weight is 210 g/mol. The van der Waals surface area contributed by atoms with E-state index in [0.717, 1.165) is 5.56 Å². The van der Waals surface area contributed by atoms with Gasteiger partial charge in [0.15, 0.2) is 0 Å². The summed E-state index contributed by atoms with van der Waals surface area (Å²) < 4.78 is 0. The Morgan fingerprint density at radius 2 is 2.14 bits per heavy atom. The van der Waals surface area contributed by atoms with Gasteiger partial charge in [-0.1, -0.05) is 24.2 Å². The summed E-state index contributed by atoms with van der Waals surface area (Å²) in [5.41, 5.74) is 2.15. The third-order valence-electron chi connectivity index (χ3n) is 1.82. The van der Waals surface area contributed by atoms with Crippen LogP contribution in [0.2, 0.25) is 5.02 Å². The molecule has 2 nitrogen and oxygen atoms in total. The summed E-state index contributed by atoms with van der Waals surface area (Å²) in [5.74, 6) is -0.190. The number of anilines is 1. The minimum Gasteiger partial charge on any atom is -0.322 e. The lowest BCUT2D eigenvalue weighted by Gasteiger charge is -2.05. The van der Waals surface area contributed by atoms with Gasteiger partial charge in [0.25, 0.3) is 5.91 Å². The first-order chi connectivity index (χ1) is 6.50. The Hall–Kier alpha value is -1.28. The topological polar surface area (TPSA) is 29.1 Å². The van der Waals surface area contributed by atoms with Crippen molar-refractivity contribution >= 4 is 23.2 Å². The highest BCUT2D eigenvalue weighted by Gasteiger charge is 2.03. The summed E-state index contributed by atoms with van der Waals surface area (Å²) in [4.78, 5) is 11.3. The Kier molecular flexibility index (Phi) is 3.31. The highest BCUT2D eigenvalue weighted by Crippen LogP contribution is 2.20. The Balaban J connectivity index is 2.83. The molecule has 0 aromatic heterocycles. The van der Waals surface area contributed by atoms with E-state index in [9.17, 15) is 4.79 Å². The number of carbonyl (C=O) groups is 1. The van der Waals surface area contributed by atoms with E-state index >= 15 is 0 Å². The van der Waals surface area contributed by atoms with Gasteiger partial charge in [-0.05, 0) is 31.5 Å². The molecule has 0 bridgehead atoms. The molecule has 0 spiro atoms. The smallest absolute Gasteiger partial charge is 0.250 e. The van der Waals surface area contributed by atoms with Crippen molar-refractivity contribution in [1.82, 2.24) is 0 Å². The number of aryl methyl sites for hydroxylation is 1. The lowest BCUT2D eigenvalue weighted by atomic mass is 10.2. The number of benzene rings is 1. The maximum Gasteiger partial charge on any atom is 0.250 e. The van der Waals surface area contributed by atoms with Crippen molar-refractivity contribution < 1.29 is 4.79 Å². The molecule has 0 saturated carbocycles. The summed E-state index contributed by atoms with van der Waals surface area (Å²) in [6, 6.07) is 5.39. The van der Waals surface area contributed by atoms with E-state index in [2.05, 4.69) is 11.9 Å². The van der Waals surface area contributed by atoms with E-state index in [-0.39, 0.29) is 5.91 Å². The Morgan fingerprint density at radius 1 is 1.50 bits per heavy atom. The molecule has 0 aliphatic heterocycles. The predicted molar refractivity (Wildman–Crippen MR) is 59.6 cm³/mol. The van der Waals surface area contributed by atoms with Crippen LogP contribution in [0.25, 0.3) is 0 Å². The van der Waals surface area contributed by atoms with Crippen molar-refractivity contribution in [3.8, 4) is 0 Å². The molecule has 0 radical (unpaired) electrons. The third kappa shape index (κ3) is 2.60. The molecule has 0 heterocycles. The molecule has 74 valence electrons. The van der Waals surface area contributed by atoms with E-state index in [1.165, 1.54) is 0 Å². The fourth-order valence-electron chi connectivity index (χ4n) is 0.908. The van der Waals surface area contributed by atoms with Crippen LogP contribution in [0, 0.1) is 6.92 Å². The number of nitrogens with one attached hydrogen (secondary N) is 1. The Bertz CT molecular complexity index is 385. The fraction of sp³-hybridized carbons (Fsp3) is 0.182. The number of carbonyl (C=O) groups excluding carboxylic acids is 1. The van der Waals surface area contributed by atoms with Crippen LogP contribution in [0.15, 0.2) is 30.4 Å². The first kappa shape index (κ1) is 10.8. The lowest BCUT2D eigenvalue weighted by Crippen LogP contribution is -2.11. The monoisotopic (exact) mass is 209 g/mol. The van der Waals surface area contributed by atoms with Crippen LogP contribution >= 0.6 is 11.6 Å². The van der Waals surface area contributed by atoms with Gasteiger partial charge in [0.2, 0.25) is 0 Å². The second-order valence-corrected chi connectivity index (χ2v) is 3.61. The van der Waals surface area contributed by atoms with E-state index in [1.807, 2.05) is 19.1 Å². The van der Waals surface area contributed by atoms with Crippen LogP contribution < -0.4 is 5.32 Å². The number of hydrogen-bond acceptors (Lipinski definition) is 1. The zero-order valence-corrected chi connectivity index (χ0v) is 8.98. The summed E-state index contributed by atoms with van der Waals surface area (Å²) in [7, 11) is 0. The van der Waals surface area contributed by atoms with Gasteiger partial charge in [-0.25, -0.2) is 0 Å². The summed E-state index contributed by atoms with van der Waals surface area (Å²) in [6.07, 6.45) is 0. The van der Waals surface area contributed by atoms with Crippen LogP contribution in [-0.2, 0) is 4.79 Å². The summed E-state index contributed by atoms with van der Waals surface area (Å²) in [6.45, 7) is 7.11. The Labute approximate surface area is 88.6 Å². The number of amides is 1. The molecule has 1 aromatic carbocycles. The van der Waals surface area contributed by atoms with Gasteiger partial charge < -0.3 is 5.32 Å². The van der Waals surface area contributed by atoms with E-state index in [4.69, 9.17) is 11.6 Å². The van der Waals surface area contributed by atoms with Crippen molar-refractivity contribution in [1.29, 1.82) is 0 Å². The molecule has 0 saturated heterocycles. The van der Waals surface area contributed by atoms with Gasteiger partial charge in [0.05, 0.1) is 0 Å². The molecule has 0 fully saturated rings. The summed E-state index contributed by atoms with van der Waals surface area (Å²) in [5, 5.41) is 3.33. The highest BCUT2D eigenvalue weighted by atomic mass is 35.5. The van der Waals surface area contributed by atoms with Crippen molar-refractivity contribution in [3.05, 3.63) is 40.9 Å². The number of hydrogen-bond donors (Lipinski definition) is 1. The summed E-state index contributed by atoms with van der Waals surface area (Å²) >= 11 is 5.90. The van der Waals surface area contributed by atoms with Crippen molar-refractivity contribution in [2.24, 2.45) is 0 Å². The van der Waals surface area contributed by atoms with Crippen molar-refractivity contribution in [2.45, 2.75) is 13.8 Å². The van der Waals surface area contributed by atoms with Gasteiger partial charge in [-0.3, -0.25) is 4.79 Å². The number of rotatable bonds is 2. The maximum atomic E-state index is 11.3.